The topological polar surface area (TPSA) is 12.0 Å². The maximum atomic E-state index is 3.57. The SMILES string of the molecule is CCCC(NCC)c1cc(Br)c(C)s1. The Bertz CT molecular complexity index is 257. The summed E-state index contributed by atoms with van der Waals surface area (Å²) in [6.45, 7) is 7.60. The standard InChI is InChI=1S/C11H18BrNS/c1-4-6-10(13-5-2)11-7-9(12)8(3)14-11/h7,10,13H,4-6H2,1-3H3. The molecule has 0 radical (unpaired) electrons. The van der Waals surface area contributed by atoms with Crippen molar-refractivity contribution in [3.63, 3.8) is 0 Å². The molecule has 0 aromatic carbocycles. The van der Waals surface area contributed by atoms with Gasteiger partial charge in [-0.2, -0.15) is 0 Å². The molecule has 1 rings (SSSR count). The fourth-order valence-electron chi connectivity index (χ4n) is 1.53. The molecule has 0 saturated heterocycles. The third-order valence-electron chi connectivity index (χ3n) is 2.25. The zero-order valence-electron chi connectivity index (χ0n) is 9.06. The van der Waals surface area contributed by atoms with Gasteiger partial charge in [0.15, 0.2) is 0 Å². The van der Waals surface area contributed by atoms with Crippen molar-refractivity contribution in [2.75, 3.05) is 6.54 Å². The highest BCUT2D eigenvalue weighted by Crippen LogP contribution is 2.32. The number of halogens is 1. The molecule has 1 heterocycles. The first-order chi connectivity index (χ1) is 6.69. The Kier molecular flexibility index (Phi) is 5.13. The minimum Gasteiger partial charge on any atom is -0.310 e. The molecule has 0 spiro atoms. The summed E-state index contributed by atoms with van der Waals surface area (Å²) in [5.41, 5.74) is 0. The predicted molar refractivity (Wildman–Crippen MR) is 68.1 cm³/mol. The molecular weight excluding hydrogens is 258 g/mol. The molecule has 1 N–H and O–H groups in total. The van der Waals surface area contributed by atoms with Gasteiger partial charge in [0, 0.05) is 20.3 Å². The van der Waals surface area contributed by atoms with Crippen LogP contribution in [-0.4, -0.2) is 6.54 Å². The van der Waals surface area contributed by atoms with E-state index in [-0.39, 0.29) is 0 Å². The van der Waals surface area contributed by atoms with Crippen molar-refractivity contribution < 1.29 is 0 Å². The molecule has 0 amide bonds. The van der Waals surface area contributed by atoms with Crippen molar-refractivity contribution >= 4 is 27.3 Å². The molecule has 1 atom stereocenters. The lowest BCUT2D eigenvalue weighted by molar-refractivity contribution is 0.516. The van der Waals surface area contributed by atoms with E-state index in [0.29, 0.717) is 6.04 Å². The summed E-state index contributed by atoms with van der Waals surface area (Å²) in [6.07, 6.45) is 2.45. The van der Waals surface area contributed by atoms with Crippen LogP contribution in [0.15, 0.2) is 10.5 Å². The third-order valence-corrected chi connectivity index (χ3v) is 4.50. The molecule has 80 valence electrons. The second-order valence-corrected chi connectivity index (χ2v) is 5.59. The maximum absolute atomic E-state index is 3.57. The third kappa shape index (κ3) is 3.07. The minimum atomic E-state index is 0.542. The predicted octanol–water partition coefficient (Wildman–Crippen LogP) is 4.27. The van der Waals surface area contributed by atoms with Crippen molar-refractivity contribution in [1.82, 2.24) is 5.32 Å². The molecule has 0 aliphatic carbocycles. The summed E-state index contributed by atoms with van der Waals surface area (Å²) in [4.78, 5) is 2.83. The van der Waals surface area contributed by atoms with Gasteiger partial charge in [-0.05, 0) is 41.9 Å². The molecule has 0 bridgehead atoms. The summed E-state index contributed by atoms with van der Waals surface area (Å²) in [7, 11) is 0. The number of hydrogen-bond donors (Lipinski definition) is 1. The van der Waals surface area contributed by atoms with Crippen LogP contribution in [0, 0.1) is 6.92 Å². The first-order valence-electron chi connectivity index (χ1n) is 5.18. The zero-order chi connectivity index (χ0) is 10.6. The van der Waals surface area contributed by atoms with Gasteiger partial charge in [-0.15, -0.1) is 11.3 Å². The van der Waals surface area contributed by atoms with Crippen LogP contribution in [0.25, 0.3) is 0 Å². The minimum absolute atomic E-state index is 0.542. The Morgan fingerprint density at radius 1 is 1.50 bits per heavy atom. The van der Waals surface area contributed by atoms with Crippen LogP contribution in [0.5, 0.6) is 0 Å². The van der Waals surface area contributed by atoms with Gasteiger partial charge >= 0.3 is 0 Å². The van der Waals surface area contributed by atoms with Crippen molar-refractivity contribution in [2.24, 2.45) is 0 Å². The van der Waals surface area contributed by atoms with E-state index < -0.39 is 0 Å². The van der Waals surface area contributed by atoms with Crippen LogP contribution < -0.4 is 5.32 Å². The number of hydrogen-bond acceptors (Lipinski definition) is 2. The molecule has 1 aromatic heterocycles. The lowest BCUT2D eigenvalue weighted by Gasteiger charge is -2.14. The monoisotopic (exact) mass is 275 g/mol. The molecule has 0 saturated carbocycles. The molecule has 1 aromatic rings. The van der Waals surface area contributed by atoms with Gasteiger partial charge in [0.05, 0.1) is 0 Å². The lowest BCUT2D eigenvalue weighted by Crippen LogP contribution is -2.19. The largest absolute Gasteiger partial charge is 0.310 e. The average Bonchev–Trinajstić information content (AvgIpc) is 2.47. The number of rotatable bonds is 5. The van der Waals surface area contributed by atoms with E-state index in [2.05, 4.69) is 48.1 Å². The van der Waals surface area contributed by atoms with Gasteiger partial charge < -0.3 is 5.32 Å². The second kappa shape index (κ2) is 5.89. The smallest absolute Gasteiger partial charge is 0.0415 e. The van der Waals surface area contributed by atoms with Crippen LogP contribution in [0.2, 0.25) is 0 Å². The number of thiophene rings is 1. The van der Waals surface area contributed by atoms with Crippen LogP contribution in [-0.2, 0) is 0 Å². The molecule has 1 nitrogen and oxygen atoms in total. The molecule has 0 aliphatic rings. The Morgan fingerprint density at radius 2 is 2.21 bits per heavy atom. The molecule has 14 heavy (non-hydrogen) atoms. The highest BCUT2D eigenvalue weighted by Gasteiger charge is 2.12. The van der Waals surface area contributed by atoms with E-state index in [1.165, 1.54) is 27.1 Å². The van der Waals surface area contributed by atoms with E-state index in [9.17, 15) is 0 Å². The summed E-state index contributed by atoms with van der Waals surface area (Å²) < 4.78 is 1.25. The van der Waals surface area contributed by atoms with E-state index in [1.807, 2.05) is 11.3 Å². The second-order valence-electron chi connectivity index (χ2n) is 3.45. The molecule has 0 aliphatic heterocycles. The van der Waals surface area contributed by atoms with Gasteiger partial charge in [0.25, 0.3) is 0 Å². The fourth-order valence-corrected chi connectivity index (χ4v) is 3.20. The van der Waals surface area contributed by atoms with E-state index in [0.717, 1.165) is 6.54 Å². The average molecular weight is 276 g/mol. The van der Waals surface area contributed by atoms with E-state index >= 15 is 0 Å². The Hall–Kier alpha value is 0.140. The number of aryl methyl sites for hydroxylation is 1. The first kappa shape index (κ1) is 12.2. The fraction of sp³-hybridized carbons (Fsp3) is 0.636. The van der Waals surface area contributed by atoms with Crippen LogP contribution in [0.1, 0.15) is 42.5 Å². The van der Waals surface area contributed by atoms with Crippen LogP contribution in [0.4, 0.5) is 0 Å². The van der Waals surface area contributed by atoms with Gasteiger partial charge in [-0.1, -0.05) is 20.3 Å². The Morgan fingerprint density at radius 3 is 2.64 bits per heavy atom. The van der Waals surface area contributed by atoms with Gasteiger partial charge in [0.1, 0.15) is 0 Å². The zero-order valence-corrected chi connectivity index (χ0v) is 11.5. The van der Waals surface area contributed by atoms with E-state index in [1.54, 1.807) is 0 Å². The summed E-state index contributed by atoms with van der Waals surface area (Å²) >= 11 is 5.46. The highest BCUT2D eigenvalue weighted by molar-refractivity contribution is 9.10. The van der Waals surface area contributed by atoms with Gasteiger partial charge in [-0.25, -0.2) is 0 Å². The lowest BCUT2D eigenvalue weighted by atomic mass is 10.1. The quantitative estimate of drug-likeness (QED) is 0.846. The molecule has 1 unspecified atom stereocenters. The molecule has 3 heteroatoms. The summed E-state index contributed by atoms with van der Waals surface area (Å²) in [5.74, 6) is 0. The van der Waals surface area contributed by atoms with E-state index in [4.69, 9.17) is 0 Å². The van der Waals surface area contributed by atoms with Crippen molar-refractivity contribution in [3.8, 4) is 0 Å². The Labute approximate surface area is 99.0 Å². The number of nitrogens with one attached hydrogen (secondary N) is 1. The van der Waals surface area contributed by atoms with Gasteiger partial charge in [-0.3, -0.25) is 0 Å². The summed E-state index contributed by atoms with van der Waals surface area (Å²) in [5, 5.41) is 3.53. The first-order valence-corrected chi connectivity index (χ1v) is 6.79. The van der Waals surface area contributed by atoms with Crippen LogP contribution >= 0.6 is 27.3 Å². The Balaban J connectivity index is 2.76. The molecular formula is C11H18BrNS. The van der Waals surface area contributed by atoms with Crippen molar-refractivity contribution in [1.29, 1.82) is 0 Å². The summed E-state index contributed by atoms with van der Waals surface area (Å²) in [6, 6.07) is 2.79. The normalized spacial score (nSPS) is 13.1. The van der Waals surface area contributed by atoms with Gasteiger partial charge in [0.2, 0.25) is 0 Å². The van der Waals surface area contributed by atoms with Crippen LogP contribution in [0.3, 0.4) is 0 Å². The maximum Gasteiger partial charge on any atom is 0.0415 e. The van der Waals surface area contributed by atoms with Crippen molar-refractivity contribution in [2.45, 2.75) is 39.7 Å². The highest BCUT2D eigenvalue weighted by atomic mass is 79.9. The van der Waals surface area contributed by atoms with Crippen molar-refractivity contribution in [3.05, 3.63) is 20.3 Å². The molecule has 0 fully saturated rings.